The van der Waals surface area contributed by atoms with E-state index >= 15 is 0 Å². The van der Waals surface area contributed by atoms with E-state index in [-0.39, 0.29) is 0 Å². The summed E-state index contributed by atoms with van der Waals surface area (Å²) in [5, 5.41) is 9.50. The van der Waals surface area contributed by atoms with Gasteiger partial charge in [0.2, 0.25) is 0 Å². The topological polar surface area (TPSA) is 47.9 Å². The minimum Gasteiger partial charge on any atom is -0.388 e. The molecule has 0 radical (unpaired) electrons. The minimum absolute atomic E-state index is 0.323. The molecule has 0 aromatic carbocycles. The van der Waals surface area contributed by atoms with Crippen molar-refractivity contribution in [2.45, 2.75) is 45.6 Å². The van der Waals surface area contributed by atoms with Crippen LogP contribution < -0.4 is 0 Å². The van der Waals surface area contributed by atoms with Crippen molar-refractivity contribution in [2.75, 3.05) is 39.6 Å². The number of ether oxygens (including phenoxy) is 3. The van der Waals surface area contributed by atoms with Crippen molar-refractivity contribution in [2.24, 2.45) is 0 Å². The summed E-state index contributed by atoms with van der Waals surface area (Å²) in [6.45, 7) is 7.57. The SMILES string of the molecule is CCCCOCCOCC(O)COCCCC. The van der Waals surface area contributed by atoms with Crippen molar-refractivity contribution in [3.05, 3.63) is 0 Å². The minimum atomic E-state index is -0.525. The highest BCUT2D eigenvalue weighted by atomic mass is 16.5. The first-order valence-electron chi connectivity index (χ1n) is 6.72. The predicted molar refractivity (Wildman–Crippen MR) is 68.3 cm³/mol. The molecule has 0 heterocycles. The van der Waals surface area contributed by atoms with Crippen LogP contribution in [0.15, 0.2) is 0 Å². The molecular formula is C13H28O4. The van der Waals surface area contributed by atoms with E-state index in [0.717, 1.165) is 32.3 Å². The molecule has 104 valence electrons. The van der Waals surface area contributed by atoms with E-state index in [2.05, 4.69) is 13.8 Å². The van der Waals surface area contributed by atoms with Crippen LogP contribution in [0.2, 0.25) is 0 Å². The van der Waals surface area contributed by atoms with E-state index in [9.17, 15) is 5.11 Å². The van der Waals surface area contributed by atoms with Gasteiger partial charge < -0.3 is 19.3 Å². The molecule has 0 aromatic rings. The third kappa shape index (κ3) is 13.8. The molecule has 1 unspecified atom stereocenters. The van der Waals surface area contributed by atoms with Crippen molar-refractivity contribution in [1.82, 2.24) is 0 Å². The van der Waals surface area contributed by atoms with Crippen LogP contribution in [0.5, 0.6) is 0 Å². The number of rotatable bonds is 13. The zero-order chi connectivity index (χ0) is 12.8. The van der Waals surface area contributed by atoms with Crippen LogP contribution in [-0.2, 0) is 14.2 Å². The molecule has 0 spiro atoms. The highest BCUT2D eigenvalue weighted by Gasteiger charge is 2.03. The molecule has 0 aliphatic heterocycles. The molecule has 1 N–H and O–H groups in total. The fourth-order valence-electron chi connectivity index (χ4n) is 1.20. The lowest BCUT2D eigenvalue weighted by atomic mass is 10.3. The molecule has 0 aromatic heterocycles. The van der Waals surface area contributed by atoms with Gasteiger partial charge in [-0.2, -0.15) is 0 Å². The quantitative estimate of drug-likeness (QED) is 0.506. The number of hydrogen-bond donors (Lipinski definition) is 1. The summed E-state index contributed by atoms with van der Waals surface area (Å²) in [4.78, 5) is 0. The van der Waals surface area contributed by atoms with Crippen LogP contribution >= 0.6 is 0 Å². The fraction of sp³-hybridized carbons (Fsp3) is 1.00. The Morgan fingerprint density at radius 3 is 1.82 bits per heavy atom. The maximum atomic E-state index is 9.50. The third-order valence-corrected chi connectivity index (χ3v) is 2.28. The van der Waals surface area contributed by atoms with Crippen molar-refractivity contribution in [3.8, 4) is 0 Å². The van der Waals surface area contributed by atoms with Gasteiger partial charge >= 0.3 is 0 Å². The Hall–Kier alpha value is -0.160. The van der Waals surface area contributed by atoms with Gasteiger partial charge in [-0.15, -0.1) is 0 Å². The second kappa shape index (κ2) is 13.9. The van der Waals surface area contributed by atoms with Crippen molar-refractivity contribution < 1.29 is 19.3 Å². The molecule has 0 aliphatic rings. The molecule has 17 heavy (non-hydrogen) atoms. The molecule has 0 fully saturated rings. The zero-order valence-corrected chi connectivity index (χ0v) is 11.3. The summed E-state index contributed by atoms with van der Waals surface area (Å²) in [6, 6.07) is 0. The Morgan fingerprint density at radius 2 is 1.24 bits per heavy atom. The van der Waals surface area contributed by atoms with Gasteiger partial charge in [0.25, 0.3) is 0 Å². The van der Waals surface area contributed by atoms with Gasteiger partial charge in [-0.25, -0.2) is 0 Å². The van der Waals surface area contributed by atoms with Gasteiger partial charge in [-0.05, 0) is 12.8 Å². The first kappa shape index (κ1) is 16.8. The molecule has 4 nitrogen and oxygen atoms in total. The molecule has 4 heteroatoms. The number of aliphatic hydroxyl groups excluding tert-OH is 1. The monoisotopic (exact) mass is 248 g/mol. The summed E-state index contributed by atoms with van der Waals surface area (Å²) in [5.41, 5.74) is 0. The highest BCUT2D eigenvalue weighted by Crippen LogP contribution is 1.93. The first-order chi connectivity index (χ1) is 8.31. The van der Waals surface area contributed by atoms with E-state index in [1.54, 1.807) is 0 Å². The van der Waals surface area contributed by atoms with Gasteiger partial charge in [0, 0.05) is 13.2 Å². The largest absolute Gasteiger partial charge is 0.388 e. The van der Waals surface area contributed by atoms with Crippen LogP contribution in [-0.4, -0.2) is 50.9 Å². The van der Waals surface area contributed by atoms with Crippen LogP contribution in [0.25, 0.3) is 0 Å². The lowest BCUT2D eigenvalue weighted by molar-refractivity contribution is -0.0324. The molecular weight excluding hydrogens is 220 g/mol. The van der Waals surface area contributed by atoms with Crippen LogP contribution in [0.3, 0.4) is 0 Å². The predicted octanol–water partition coefficient (Wildman–Crippen LogP) is 2.00. The maximum absolute atomic E-state index is 9.50. The molecule has 1 atom stereocenters. The van der Waals surface area contributed by atoms with E-state index in [1.807, 2.05) is 0 Å². The standard InChI is InChI=1S/C13H28O4/c1-3-5-7-15-9-10-17-12-13(14)11-16-8-6-4-2/h13-14H,3-12H2,1-2H3. The molecule has 0 aliphatic carbocycles. The van der Waals surface area contributed by atoms with Crippen molar-refractivity contribution in [1.29, 1.82) is 0 Å². The summed E-state index contributed by atoms with van der Waals surface area (Å²) in [7, 11) is 0. The molecule has 0 saturated carbocycles. The molecule has 0 saturated heterocycles. The summed E-state index contributed by atoms with van der Waals surface area (Å²) < 4.78 is 15.9. The lowest BCUT2D eigenvalue weighted by Gasteiger charge is -2.11. The smallest absolute Gasteiger partial charge is 0.101 e. The lowest BCUT2D eigenvalue weighted by Crippen LogP contribution is -2.23. The van der Waals surface area contributed by atoms with E-state index < -0.39 is 6.10 Å². The number of aliphatic hydroxyl groups is 1. The highest BCUT2D eigenvalue weighted by molar-refractivity contribution is 4.51. The fourth-order valence-corrected chi connectivity index (χ4v) is 1.20. The Bertz CT molecular complexity index is 141. The van der Waals surface area contributed by atoms with Crippen molar-refractivity contribution >= 4 is 0 Å². The second-order valence-corrected chi connectivity index (χ2v) is 4.12. The maximum Gasteiger partial charge on any atom is 0.101 e. The van der Waals surface area contributed by atoms with Gasteiger partial charge in [0.1, 0.15) is 6.10 Å². The van der Waals surface area contributed by atoms with Gasteiger partial charge in [0.15, 0.2) is 0 Å². The Labute approximate surface area is 105 Å². The summed E-state index contributed by atoms with van der Waals surface area (Å²) in [6.07, 6.45) is 3.87. The van der Waals surface area contributed by atoms with E-state index in [0.29, 0.717) is 33.0 Å². The summed E-state index contributed by atoms with van der Waals surface area (Å²) in [5.74, 6) is 0. The Balaban J connectivity index is 3.08. The van der Waals surface area contributed by atoms with Gasteiger partial charge in [0.05, 0.1) is 26.4 Å². The third-order valence-electron chi connectivity index (χ3n) is 2.28. The van der Waals surface area contributed by atoms with Crippen LogP contribution in [0, 0.1) is 0 Å². The van der Waals surface area contributed by atoms with Gasteiger partial charge in [-0.3, -0.25) is 0 Å². The van der Waals surface area contributed by atoms with E-state index in [4.69, 9.17) is 14.2 Å². The Kier molecular flexibility index (Phi) is 13.8. The molecule has 0 bridgehead atoms. The molecule has 0 rings (SSSR count). The average molecular weight is 248 g/mol. The van der Waals surface area contributed by atoms with Crippen molar-refractivity contribution in [3.63, 3.8) is 0 Å². The number of unbranched alkanes of at least 4 members (excludes halogenated alkanes) is 2. The normalized spacial score (nSPS) is 12.9. The Morgan fingerprint density at radius 1 is 0.765 bits per heavy atom. The van der Waals surface area contributed by atoms with Gasteiger partial charge in [-0.1, -0.05) is 26.7 Å². The second-order valence-electron chi connectivity index (χ2n) is 4.12. The van der Waals surface area contributed by atoms with Crippen LogP contribution in [0.1, 0.15) is 39.5 Å². The number of hydrogen-bond acceptors (Lipinski definition) is 4. The average Bonchev–Trinajstić information content (AvgIpc) is 2.33. The summed E-state index contributed by atoms with van der Waals surface area (Å²) >= 11 is 0. The van der Waals surface area contributed by atoms with Crippen LogP contribution in [0.4, 0.5) is 0 Å². The first-order valence-corrected chi connectivity index (χ1v) is 6.72. The van der Waals surface area contributed by atoms with E-state index in [1.165, 1.54) is 0 Å². The zero-order valence-electron chi connectivity index (χ0n) is 11.3. The molecule has 0 amide bonds.